The predicted octanol–water partition coefficient (Wildman–Crippen LogP) is 0.942. The van der Waals surface area contributed by atoms with E-state index >= 15 is 0 Å². The lowest BCUT2D eigenvalue weighted by Gasteiger charge is -2.32. The fraction of sp³-hybridized carbons (Fsp3) is 0.800. The van der Waals surface area contributed by atoms with Crippen molar-refractivity contribution in [3.05, 3.63) is 5.82 Å². The van der Waals surface area contributed by atoms with Gasteiger partial charge in [0.1, 0.15) is 0 Å². The van der Waals surface area contributed by atoms with Gasteiger partial charge in [-0.1, -0.05) is 5.16 Å². The summed E-state index contributed by atoms with van der Waals surface area (Å²) < 4.78 is 5.13. The molecule has 2 heterocycles. The molecule has 1 atom stereocenters. The number of hydrogen-bond acceptors (Lipinski definition) is 5. The molecule has 15 heavy (non-hydrogen) atoms. The number of aromatic nitrogens is 2. The molecule has 1 aliphatic heterocycles. The van der Waals surface area contributed by atoms with Crippen molar-refractivity contribution in [2.75, 3.05) is 18.0 Å². The van der Waals surface area contributed by atoms with Gasteiger partial charge in [-0.3, -0.25) is 0 Å². The Morgan fingerprint density at radius 1 is 1.47 bits per heavy atom. The Balaban J connectivity index is 1.93. The SMILES string of the molecule is Cc1noc(N2CCC(C(C)N)CC2)n1. The summed E-state index contributed by atoms with van der Waals surface area (Å²) in [7, 11) is 0. The van der Waals surface area contributed by atoms with E-state index in [0.717, 1.165) is 25.9 Å². The molecule has 0 bridgehead atoms. The van der Waals surface area contributed by atoms with Crippen LogP contribution in [-0.2, 0) is 0 Å². The molecule has 1 aliphatic rings. The molecule has 0 aromatic carbocycles. The molecule has 0 aliphatic carbocycles. The third-order valence-electron chi connectivity index (χ3n) is 3.07. The molecular weight excluding hydrogens is 192 g/mol. The number of anilines is 1. The second-order valence-electron chi connectivity index (χ2n) is 4.31. The van der Waals surface area contributed by atoms with Crippen LogP contribution >= 0.6 is 0 Å². The van der Waals surface area contributed by atoms with Crippen molar-refractivity contribution in [3.63, 3.8) is 0 Å². The van der Waals surface area contributed by atoms with Crippen molar-refractivity contribution in [1.29, 1.82) is 0 Å². The molecule has 5 heteroatoms. The number of piperidine rings is 1. The Bertz CT molecular complexity index is 315. The summed E-state index contributed by atoms with van der Waals surface area (Å²) in [5, 5.41) is 3.79. The van der Waals surface area contributed by atoms with Crippen LogP contribution in [-0.4, -0.2) is 29.3 Å². The fourth-order valence-corrected chi connectivity index (χ4v) is 2.03. The molecule has 2 rings (SSSR count). The highest BCUT2D eigenvalue weighted by molar-refractivity contribution is 5.25. The van der Waals surface area contributed by atoms with Crippen LogP contribution in [0, 0.1) is 12.8 Å². The molecule has 2 N–H and O–H groups in total. The number of aryl methyl sites for hydroxylation is 1. The molecule has 0 saturated carbocycles. The number of nitrogens with zero attached hydrogens (tertiary/aromatic N) is 3. The van der Waals surface area contributed by atoms with Crippen LogP contribution in [0.4, 0.5) is 6.01 Å². The van der Waals surface area contributed by atoms with Crippen LogP contribution in [0.5, 0.6) is 0 Å². The molecule has 5 nitrogen and oxygen atoms in total. The van der Waals surface area contributed by atoms with Crippen molar-refractivity contribution in [2.45, 2.75) is 32.7 Å². The topological polar surface area (TPSA) is 68.2 Å². The van der Waals surface area contributed by atoms with Crippen LogP contribution in [0.15, 0.2) is 4.52 Å². The van der Waals surface area contributed by atoms with Gasteiger partial charge in [0.25, 0.3) is 0 Å². The van der Waals surface area contributed by atoms with E-state index in [2.05, 4.69) is 22.0 Å². The zero-order valence-electron chi connectivity index (χ0n) is 9.31. The van der Waals surface area contributed by atoms with Gasteiger partial charge in [-0.05, 0) is 32.6 Å². The Labute approximate surface area is 89.6 Å². The summed E-state index contributed by atoms with van der Waals surface area (Å²) in [6.45, 7) is 5.85. The van der Waals surface area contributed by atoms with Crippen LogP contribution in [0.25, 0.3) is 0 Å². The molecule has 84 valence electrons. The van der Waals surface area contributed by atoms with Gasteiger partial charge in [0.05, 0.1) is 0 Å². The minimum absolute atomic E-state index is 0.288. The average Bonchev–Trinajstić information content (AvgIpc) is 2.65. The van der Waals surface area contributed by atoms with E-state index in [9.17, 15) is 0 Å². The second kappa shape index (κ2) is 4.18. The smallest absolute Gasteiger partial charge is 0.324 e. The van der Waals surface area contributed by atoms with E-state index < -0.39 is 0 Å². The molecule has 0 spiro atoms. The standard InChI is InChI=1S/C10H18N4O/c1-7(11)9-3-5-14(6-4-9)10-12-8(2)13-15-10/h7,9H,3-6,11H2,1-2H3. The van der Waals surface area contributed by atoms with Gasteiger partial charge in [-0.2, -0.15) is 4.98 Å². The monoisotopic (exact) mass is 210 g/mol. The summed E-state index contributed by atoms with van der Waals surface area (Å²) in [4.78, 5) is 6.36. The first-order chi connectivity index (χ1) is 7.16. The van der Waals surface area contributed by atoms with Crippen LogP contribution in [0.2, 0.25) is 0 Å². The molecule has 1 unspecified atom stereocenters. The van der Waals surface area contributed by atoms with Crippen LogP contribution in [0.3, 0.4) is 0 Å². The highest BCUT2D eigenvalue weighted by atomic mass is 16.5. The highest BCUT2D eigenvalue weighted by Crippen LogP contribution is 2.23. The Kier molecular flexibility index (Phi) is 2.90. The predicted molar refractivity (Wildman–Crippen MR) is 57.6 cm³/mol. The highest BCUT2D eigenvalue weighted by Gasteiger charge is 2.24. The normalized spacial score (nSPS) is 20.6. The average molecular weight is 210 g/mol. The van der Waals surface area contributed by atoms with E-state index in [1.807, 2.05) is 6.92 Å². The van der Waals surface area contributed by atoms with Gasteiger partial charge in [0.15, 0.2) is 5.82 Å². The van der Waals surface area contributed by atoms with E-state index in [0.29, 0.717) is 17.8 Å². The number of nitrogens with two attached hydrogens (primary N) is 1. The van der Waals surface area contributed by atoms with E-state index in [1.54, 1.807) is 0 Å². The second-order valence-corrected chi connectivity index (χ2v) is 4.31. The van der Waals surface area contributed by atoms with Crippen LogP contribution < -0.4 is 10.6 Å². The van der Waals surface area contributed by atoms with E-state index in [4.69, 9.17) is 10.3 Å². The third-order valence-corrected chi connectivity index (χ3v) is 3.07. The Hall–Kier alpha value is -1.10. The van der Waals surface area contributed by atoms with Gasteiger partial charge in [-0.15, -0.1) is 0 Å². The van der Waals surface area contributed by atoms with Crippen LogP contribution in [0.1, 0.15) is 25.6 Å². The van der Waals surface area contributed by atoms with Crippen molar-refractivity contribution in [1.82, 2.24) is 10.1 Å². The first-order valence-electron chi connectivity index (χ1n) is 5.47. The zero-order valence-corrected chi connectivity index (χ0v) is 9.31. The summed E-state index contributed by atoms with van der Waals surface area (Å²) >= 11 is 0. The number of hydrogen-bond donors (Lipinski definition) is 1. The maximum absolute atomic E-state index is 5.89. The van der Waals surface area contributed by atoms with Gasteiger partial charge in [0.2, 0.25) is 0 Å². The summed E-state index contributed by atoms with van der Waals surface area (Å²) in [6, 6.07) is 0.937. The van der Waals surface area contributed by atoms with E-state index in [-0.39, 0.29) is 6.04 Å². The fourth-order valence-electron chi connectivity index (χ4n) is 2.03. The lowest BCUT2D eigenvalue weighted by molar-refractivity contribution is 0.332. The zero-order chi connectivity index (χ0) is 10.8. The molecule has 0 amide bonds. The quantitative estimate of drug-likeness (QED) is 0.786. The van der Waals surface area contributed by atoms with Gasteiger partial charge < -0.3 is 15.2 Å². The molecule has 1 aromatic rings. The van der Waals surface area contributed by atoms with E-state index in [1.165, 1.54) is 0 Å². The minimum atomic E-state index is 0.288. The number of rotatable bonds is 2. The minimum Gasteiger partial charge on any atom is -0.328 e. The Morgan fingerprint density at radius 2 is 2.13 bits per heavy atom. The molecule has 1 saturated heterocycles. The van der Waals surface area contributed by atoms with Crippen molar-refractivity contribution < 1.29 is 4.52 Å². The molecule has 1 fully saturated rings. The van der Waals surface area contributed by atoms with Crippen molar-refractivity contribution in [3.8, 4) is 0 Å². The van der Waals surface area contributed by atoms with Gasteiger partial charge in [-0.25, -0.2) is 0 Å². The lowest BCUT2D eigenvalue weighted by atomic mass is 9.91. The largest absolute Gasteiger partial charge is 0.328 e. The van der Waals surface area contributed by atoms with Crippen molar-refractivity contribution in [2.24, 2.45) is 11.7 Å². The Morgan fingerprint density at radius 3 is 2.60 bits per heavy atom. The lowest BCUT2D eigenvalue weighted by Crippen LogP contribution is -2.39. The third kappa shape index (κ3) is 2.28. The van der Waals surface area contributed by atoms with Gasteiger partial charge in [0, 0.05) is 19.1 Å². The first-order valence-corrected chi connectivity index (χ1v) is 5.47. The summed E-state index contributed by atoms with van der Waals surface area (Å²) in [5.74, 6) is 1.32. The summed E-state index contributed by atoms with van der Waals surface area (Å²) in [6.07, 6.45) is 2.22. The molecule has 1 aromatic heterocycles. The maximum Gasteiger partial charge on any atom is 0.324 e. The molecular formula is C10H18N4O. The van der Waals surface area contributed by atoms with Gasteiger partial charge >= 0.3 is 6.01 Å². The maximum atomic E-state index is 5.89. The molecule has 0 radical (unpaired) electrons. The van der Waals surface area contributed by atoms with Crippen molar-refractivity contribution >= 4 is 6.01 Å². The summed E-state index contributed by atoms with van der Waals surface area (Å²) in [5.41, 5.74) is 5.89. The first kappa shape index (κ1) is 10.4.